The van der Waals surface area contributed by atoms with E-state index >= 15 is 0 Å². The van der Waals surface area contributed by atoms with Gasteiger partial charge in [0.05, 0.1) is 19.7 Å². The molecule has 0 amide bonds. The second-order valence-electron chi connectivity index (χ2n) is 6.83. The average molecular weight is 428 g/mol. The topological polar surface area (TPSA) is 121 Å². The maximum Gasteiger partial charge on any atom is 0.337 e. The number of carbonyl (C=O) groups excluding carboxylic acids is 2. The molecule has 30 heavy (non-hydrogen) atoms. The van der Waals surface area contributed by atoms with Gasteiger partial charge < -0.3 is 4.74 Å². The van der Waals surface area contributed by atoms with E-state index < -0.39 is 27.3 Å². The Kier molecular flexibility index (Phi) is 6.06. The van der Waals surface area contributed by atoms with Gasteiger partial charge in [0, 0.05) is 17.4 Å². The molecule has 2 aromatic carbocycles. The van der Waals surface area contributed by atoms with Gasteiger partial charge in [-0.05, 0) is 34.9 Å². The Morgan fingerprint density at radius 2 is 1.73 bits per heavy atom. The number of tetrazole rings is 1. The van der Waals surface area contributed by atoms with E-state index in [-0.39, 0.29) is 0 Å². The Balaban J connectivity index is 1.90. The van der Waals surface area contributed by atoms with Crippen LogP contribution in [0.3, 0.4) is 0 Å². The molecule has 3 rings (SSSR count). The summed E-state index contributed by atoms with van der Waals surface area (Å²) in [6, 6.07) is 11.8. The van der Waals surface area contributed by atoms with Gasteiger partial charge >= 0.3 is 5.97 Å². The van der Waals surface area contributed by atoms with Gasteiger partial charge in [0.1, 0.15) is 5.75 Å². The minimum absolute atomic E-state index is 0.334. The number of ketones is 1. The van der Waals surface area contributed by atoms with Crippen LogP contribution in [0, 0.1) is 0 Å². The highest BCUT2D eigenvalue weighted by Gasteiger charge is 2.16. The predicted octanol–water partition coefficient (Wildman–Crippen LogP) is 1.48. The zero-order valence-electron chi connectivity index (χ0n) is 16.7. The van der Waals surface area contributed by atoms with Crippen LogP contribution in [0.25, 0.3) is 11.4 Å². The highest BCUT2D eigenvalue weighted by molar-refractivity contribution is 7.91. The fraction of sp³-hybridized carbons (Fsp3) is 0.250. The van der Waals surface area contributed by atoms with E-state index in [2.05, 4.69) is 15.4 Å². The van der Waals surface area contributed by atoms with Crippen molar-refractivity contribution in [2.45, 2.75) is 6.42 Å². The minimum atomic E-state index is -3.39. The summed E-state index contributed by atoms with van der Waals surface area (Å²) < 4.78 is 27.4. The number of Topliss-reactive ketones (excluding diaryl/α,β-unsaturated/α-hetero) is 1. The summed E-state index contributed by atoms with van der Waals surface area (Å²) in [5, 5.41) is 12.1. The Bertz CT molecular complexity index is 1200. The standard InChI is InChI=1S/C20H20N4O5S/c1-24-22-19(21-23-24)17-11-16(20(26)29-2)9-8-15(17)10-13-4-6-14(7-5-13)18(25)12-30(3,27)28/h4-9,11H,10,12H2,1-3H3. The lowest BCUT2D eigenvalue weighted by atomic mass is 9.96. The van der Waals surface area contributed by atoms with E-state index in [0.717, 1.165) is 17.4 Å². The lowest BCUT2D eigenvalue weighted by Crippen LogP contribution is -2.14. The molecular formula is C20H20N4O5S. The van der Waals surface area contributed by atoms with E-state index in [9.17, 15) is 18.0 Å². The molecule has 0 N–H and O–H groups in total. The summed E-state index contributed by atoms with van der Waals surface area (Å²) in [4.78, 5) is 25.3. The van der Waals surface area contributed by atoms with Crippen LogP contribution in [0.2, 0.25) is 0 Å². The first-order chi connectivity index (χ1) is 14.2. The minimum Gasteiger partial charge on any atom is -0.465 e. The third kappa shape index (κ3) is 5.15. The number of aromatic nitrogens is 4. The van der Waals surface area contributed by atoms with Crippen LogP contribution < -0.4 is 0 Å². The lowest BCUT2D eigenvalue weighted by molar-refractivity contribution is 0.0600. The van der Waals surface area contributed by atoms with Crippen LogP contribution in [0.1, 0.15) is 31.8 Å². The number of methoxy groups -OCH3 is 1. The van der Waals surface area contributed by atoms with Gasteiger partial charge in [0.2, 0.25) is 5.82 Å². The van der Waals surface area contributed by atoms with E-state index in [1.165, 1.54) is 11.9 Å². The third-order valence-corrected chi connectivity index (χ3v) is 5.13. The van der Waals surface area contributed by atoms with Crippen molar-refractivity contribution in [3.05, 3.63) is 64.7 Å². The van der Waals surface area contributed by atoms with Crippen molar-refractivity contribution < 1.29 is 22.7 Å². The summed E-state index contributed by atoms with van der Waals surface area (Å²) in [6.45, 7) is 0. The average Bonchev–Trinajstić information content (AvgIpc) is 3.13. The van der Waals surface area contributed by atoms with Gasteiger partial charge in [-0.1, -0.05) is 30.3 Å². The van der Waals surface area contributed by atoms with Gasteiger partial charge in [0.15, 0.2) is 15.6 Å². The molecule has 156 valence electrons. The van der Waals surface area contributed by atoms with Gasteiger partial charge in [-0.2, -0.15) is 4.80 Å². The van der Waals surface area contributed by atoms with Crippen molar-refractivity contribution in [1.82, 2.24) is 20.2 Å². The Morgan fingerprint density at radius 3 is 2.30 bits per heavy atom. The third-order valence-electron chi connectivity index (χ3n) is 4.34. The molecule has 0 unspecified atom stereocenters. The van der Waals surface area contributed by atoms with E-state index in [1.807, 2.05) is 0 Å². The number of carbonyl (C=O) groups is 2. The molecule has 1 heterocycles. The molecule has 1 aromatic heterocycles. The van der Waals surface area contributed by atoms with Crippen LogP contribution in [0.15, 0.2) is 42.5 Å². The van der Waals surface area contributed by atoms with Crippen LogP contribution in [0.4, 0.5) is 0 Å². The predicted molar refractivity (Wildman–Crippen MR) is 109 cm³/mol. The van der Waals surface area contributed by atoms with Crippen molar-refractivity contribution in [3.63, 3.8) is 0 Å². The van der Waals surface area contributed by atoms with Gasteiger partial charge in [-0.3, -0.25) is 4.79 Å². The highest BCUT2D eigenvalue weighted by atomic mass is 32.2. The van der Waals surface area contributed by atoms with Crippen molar-refractivity contribution in [2.24, 2.45) is 7.05 Å². The zero-order chi connectivity index (χ0) is 21.9. The van der Waals surface area contributed by atoms with Crippen LogP contribution in [-0.2, 0) is 28.0 Å². The number of benzene rings is 2. The maximum atomic E-state index is 12.1. The Hall–Kier alpha value is -3.40. The van der Waals surface area contributed by atoms with Crippen LogP contribution >= 0.6 is 0 Å². The largest absolute Gasteiger partial charge is 0.465 e. The molecule has 0 aliphatic rings. The molecular weight excluding hydrogens is 408 g/mol. The molecule has 10 heteroatoms. The number of sulfone groups is 1. The summed E-state index contributed by atoms with van der Waals surface area (Å²) in [5.41, 5.74) is 3.09. The second-order valence-corrected chi connectivity index (χ2v) is 8.97. The number of ether oxygens (including phenoxy) is 1. The van der Waals surface area contributed by atoms with Gasteiger partial charge in [-0.25, -0.2) is 13.2 Å². The first-order valence-electron chi connectivity index (χ1n) is 8.92. The zero-order valence-corrected chi connectivity index (χ0v) is 17.5. The van der Waals surface area contributed by atoms with E-state index in [1.54, 1.807) is 49.5 Å². The first-order valence-corrected chi connectivity index (χ1v) is 11.0. The first kappa shape index (κ1) is 21.3. The molecule has 0 spiro atoms. The lowest BCUT2D eigenvalue weighted by Gasteiger charge is -2.10. The fourth-order valence-electron chi connectivity index (χ4n) is 2.93. The smallest absolute Gasteiger partial charge is 0.337 e. The monoisotopic (exact) mass is 428 g/mol. The number of aryl methyl sites for hydroxylation is 1. The molecule has 0 fully saturated rings. The summed E-state index contributed by atoms with van der Waals surface area (Å²) in [6.07, 6.45) is 1.51. The van der Waals surface area contributed by atoms with E-state index in [0.29, 0.717) is 28.9 Å². The van der Waals surface area contributed by atoms with Gasteiger partial charge in [-0.15, -0.1) is 10.2 Å². The number of rotatable bonds is 7. The summed E-state index contributed by atoms with van der Waals surface area (Å²) in [7, 11) is -0.433. The number of hydrogen-bond donors (Lipinski definition) is 0. The molecule has 0 saturated heterocycles. The van der Waals surface area contributed by atoms with Crippen LogP contribution in [-0.4, -0.2) is 59.5 Å². The summed E-state index contributed by atoms with van der Waals surface area (Å²) in [5.74, 6) is -1.07. The van der Waals surface area contributed by atoms with Crippen molar-refractivity contribution in [1.29, 1.82) is 0 Å². The van der Waals surface area contributed by atoms with Crippen molar-refractivity contribution >= 4 is 21.6 Å². The van der Waals surface area contributed by atoms with Crippen molar-refractivity contribution in [2.75, 3.05) is 19.1 Å². The summed E-state index contributed by atoms with van der Waals surface area (Å²) >= 11 is 0. The molecule has 0 bridgehead atoms. The molecule has 0 aliphatic heterocycles. The molecule has 0 saturated carbocycles. The normalized spacial score (nSPS) is 11.3. The molecule has 0 aliphatic carbocycles. The fourth-order valence-corrected chi connectivity index (χ4v) is 3.57. The maximum absolute atomic E-state index is 12.1. The van der Waals surface area contributed by atoms with Crippen molar-refractivity contribution in [3.8, 4) is 11.4 Å². The molecule has 0 radical (unpaired) electrons. The Labute approximate surface area is 173 Å². The van der Waals surface area contributed by atoms with Crippen LogP contribution in [0.5, 0.6) is 0 Å². The Morgan fingerprint density at radius 1 is 1.07 bits per heavy atom. The van der Waals surface area contributed by atoms with Gasteiger partial charge in [0.25, 0.3) is 0 Å². The van der Waals surface area contributed by atoms with E-state index in [4.69, 9.17) is 4.74 Å². The number of nitrogens with zero attached hydrogens (tertiary/aromatic N) is 4. The molecule has 3 aromatic rings. The second kappa shape index (κ2) is 8.54. The highest BCUT2D eigenvalue weighted by Crippen LogP contribution is 2.25. The number of hydrogen-bond acceptors (Lipinski definition) is 8. The number of esters is 1. The molecule has 9 nitrogen and oxygen atoms in total. The molecule has 0 atom stereocenters. The SMILES string of the molecule is COC(=O)c1ccc(Cc2ccc(C(=O)CS(C)(=O)=O)cc2)c(-c2nnn(C)n2)c1. The quantitative estimate of drug-likeness (QED) is 0.410.